The van der Waals surface area contributed by atoms with Gasteiger partial charge in [-0.3, -0.25) is 9.98 Å². The average molecular weight is 626 g/mol. The van der Waals surface area contributed by atoms with Crippen molar-refractivity contribution in [2.75, 3.05) is 6.61 Å². The zero-order valence-corrected chi connectivity index (χ0v) is 27.4. The van der Waals surface area contributed by atoms with Crippen molar-refractivity contribution in [2.45, 2.75) is 48.0 Å². The fourth-order valence-electron chi connectivity index (χ4n) is 5.03. The molecule has 0 bridgehead atoms. The predicted molar refractivity (Wildman–Crippen MR) is 183 cm³/mol. The van der Waals surface area contributed by atoms with Gasteiger partial charge in [0.25, 0.3) is 0 Å². The van der Waals surface area contributed by atoms with Crippen molar-refractivity contribution in [1.82, 2.24) is 4.98 Å². The third-order valence-electron chi connectivity index (χ3n) is 6.97. The summed E-state index contributed by atoms with van der Waals surface area (Å²) in [5.74, 6) is 0.900. The molecular weight excluding hydrogens is 585 g/mol. The van der Waals surface area contributed by atoms with Crippen molar-refractivity contribution in [3.63, 3.8) is 0 Å². The van der Waals surface area contributed by atoms with Gasteiger partial charge in [-0.15, -0.1) is 0 Å². The molecule has 0 unspecified atom stereocenters. The zero-order valence-electron chi connectivity index (χ0n) is 26.4. The van der Waals surface area contributed by atoms with Gasteiger partial charge in [0.2, 0.25) is 0 Å². The summed E-state index contributed by atoms with van der Waals surface area (Å²) in [5, 5.41) is 0. The molecule has 0 N–H and O–H groups in total. The fraction of sp³-hybridized carbons (Fsp3) is 0.205. The monoisotopic (exact) mass is 625 g/mol. The molecule has 0 aliphatic carbocycles. The Morgan fingerprint density at radius 3 is 1.80 bits per heavy atom. The first-order valence-electron chi connectivity index (χ1n) is 14.9. The Morgan fingerprint density at radius 1 is 0.750 bits per heavy atom. The van der Waals surface area contributed by atoms with Gasteiger partial charge < -0.3 is 4.74 Å². The predicted octanol–water partition coefficient (Wildman–Crippen LogP) is 10.6. The number of aliphatic imine (C=N–C) groups is 2. The normalized spacial score (nSPS) is 11.5. The van der Waals surface area contributed by atoms with Gasteiger partial charge in [0.1, 0.15) is 5.75 Å². The summed E-state index contributed by atoms with van der Waals surface area (Å²) in [5.41, 5.74) is 11.9. The van der Waals surface area contributed by atoms with E-state index in [1.807, 2.05) is 44.3 Å². The molecule has 0 amide bonds. The number of hydrogen-bond donors (Lipinski definition) is 0. The number of hydrogen-bond acceptors (Lipinski definition) is 4. The standard InChI is InChI=1S/C28H26N2O.C11H14N.Co/c1-3-17-31-28-26(22-11-6-4-7-12-22)18-25(19-27(28)23-13-8-5-9-14-23)30-21(2)24-15-10-16-29-20-24;1-5-12-11-9(3)6-8(2)7-10(11)4;/h4-16,18-20H,3,17H2,1-2H3;6-7H,1-4H3;. The van der Waals surface area contributed by atoms with Crippen LogP contribution in [-0.2, 0) is 15.7 Å². The van der Waals surface area contributed by atoms with Gasteiger partial charge >= 0.3 is 87.6 Å². The Bertz CT molecular complexity index is 1640. The molecule has 4 nitrogen and oxygen atoms in total. The van der Waals surface area contributed by atoms with Crippen LogP contribution in [0.25, 0.3) is 22.3 Å². The van der Waals surface area contributed by atoms with E-state index in [-0.39, 0.29) is 0 Å². The van der Waals surface area contributed by atoms with Crippen LogP contribution in [0.2, 0.25) is 0 Å². The summed E-state index contributed by atoms with van der Waals surface area (Å²) in [6.45, 7) is 12.9. The van der Waals surface area contributed by atoms with E-state index in [0.29, 0.717) is 6.61 Å². The van der Waals surface area contributed by atoms with Crippen molar-refractivity contribution in [1.29, 1.82) is 0 Å². The first kappa shape index (κ1) is 32.6. The fourth-order valence-corrected chi connectivity index (χ4v) is 5.15. The third kappa shape index (κ3) is 8.85. The molecule has 1 aromatic heterocycles. The number of nitrogens with zero attached hydrogens (tertiary/aromatic N) is 3. The van der Waals surface area contributed by atoms with Gasteiger partial charge in [0.05, 0.1) is 12.3 Å². The second kappa shape index (κ2) is 15.9. The molecule has 0 saturated heterocycles. The van der Waals surface area contributed by atoms with E-state index in [1.165, 1.54) is 16.7 Å². The molecule has 1 heterocycles. The van der Waals surface area contributed by atoms with E-state index < -0.39 is 0 Å². The SMILES string of the molecule is CCCOc1c(-c2ccccc2)cc(N=C(C)c2cccnc2)cc1-c1ccccc1.C[C]([Co])=Nc1c(C)cc(C)cc1C. The maximum absolute atomic E-state index is 6.31. The van der Waals surface area contributed by atoms with Gasteiger partial charge in [0.15, 0.2) is 0 Å². The van der Waals surface area contributed by atoms with Crippen LogP contribution in [0.5, 0.6) is 5.75 Å². The summed E-state index contributed by atoms with van der Waals surface area (Å²) >= 11 is 4.23. The van der Waals surface area contributed by atoms with E-state index in [4.69, 9.17) is 9.73 Å². The Balaban J connectivity index is 0.000000285. The molecule has 0 fully saturated rings. The molecule has 4 aromatic carbocycles. The molecule has 0 aliphatic heterocycles. The van der Waals surface area contributed by atoms with Gasteiger partial charge in [-0.25, -0.2) is 0 Å². The van der Waals surface area contributed by atoms with Crippen LogP contribution in [0.15, 0.2) is 119 Å². The van der Waals surface area contributed by atoms with E-state index >= 15 is 0 Å². The Morgan fingerprint density at radius 2 is 1.32 bits per heavy atom. The maximum atomic E-state index is 6.31. The summed E-state index contributed by atoms with van der Waals surface area (Å²) in [6.07, 6.45) is 4.56. The van der Waals surface area contributed by atoms with E-state index in [0.717, 1.165) is 61.7 Å². The van der Waals surface area contributed by atoms with E-state index in [9.17, 15) is 0 Å². The molecule has 5 aromatic rings. The summed E-state index contributed by atoms with van der Waals surface area (Å²) in [7, 11) is 0. The number of benzene rings is 4. The van der Waals surface area contributed by atoms with Crippen molar-refractivity contribution >= 4 is 21.7 Å². The molecule has 5 rings (SSSR count). The van der Waals surface area contributed by atoms with Gasteiger partial charge in [-0.05, 0) is 42.7 Å². The van der Waals surface area contributed by atoms with Crippen LogP contribution < -0.4 is 4.74 Å². The number of aryl methyl sites for hydroxylation is 3. The van der Waals surface area contributed by atoms with Crippen molar-refractivity contribution in [2.24, 2.45) is 9.98 Å². The molecule has 0 aliphatic rings. The number of rotatable bonds is 8. The van der Waals surface area contributed by atoms with Crippen LogP contribution in [0, 0.1) is 20.8 Å². The topological polar surface area (TPSA) is 46.8 Å². The van der Waals surface area contributed by atoms with E-state index in [2.05, 4.69) is 126 Å². The molecule has 44 heavy (non-hydrogen) atoms. The second-order valence-corrected chi connectivity index (χ2v) is 11.5. The number of ether oxygens (including phenoxy) is 1. The van der Waals surface area contributed by atoms with Crippen LogP contribution in [0.1, 0.15) is 49.4 Å². The van der Waals surface area contributed by atoms with Crippen LogP contribution >= 0.6 is 0 Å². The van der Waals surface area contributed by atoms with Crippen molar-refractivity contribution < 1.29 is 20.5 Å². The minimum atomic E-state index is 0.664. The number of pyridine rings is 1. The molecule has 0 saturated carbocycles. The first-order chi connectivity index (χ1) is 21.3. The first-order valence-corrected chi connectivity index (χ1v) is 15.4. The molecule has 0 spiro atoms. The summed E-state index contributed by atoms with van der Waals surface area (Å²) in [6, 6.07) is 33.2. The third-order valence-corrected chi connectivity index (χ3v) is 7.08. The van der Waals surface area contributed by atoms with Gasteiger partial charge in [0, 0.05) is 34.8 Å². The second-order valence-electron chi connectivity index (χ2n) is 10.7. The quantitative estimate of drug-likeness (QED) is 0.161. The Kier molecular flexibility index (Phi) is 11.8. The van der Waals surface area contributed by atoms with Gasteiger partial charge in [-0.2, -0.15) is 0 Å². The summed E-state index contributed by atoms with van der Waals surface area (Å²) < 4.78 is 7.11. The molecule has 226 valence electrons. The van der Waals surface area contributed by atoms with Crippen LogP contribution in [-0.4, -0.2) is 21.9 Å². The zero-order chi connectivity index (χ0) is 31.5. The molecule has 0 radical (unpaired) electrons. The Hall–Kier alpha value is -4.32. The molecular formula is C39H40CoN3O. The van der Waals surface area contributed by atoms with Crippen LogP contribution in [0.3, 0.4) is 0 Å². The number of aromatic nitrogens is 1. The van der Waals surface area contributed by atoms with Crippen LogP contribution in [0.4, 0.5) is 11.4 Å². The summed E-state index contributed by atoms with van der Waals surface area (Å²) in [4.78, 5) is 13.5. The van der Waals surface area contributed by atoms with Crippen molar-refractivity contribution in [3.05, 3.63) is 132 Å². The van der Waals surface area contributed by atoms with Gasteiger partial charge in [-0.1, -0.05) is 73.7 Å². The Labute approximate surface area is 270 Å². The van der Waals surface area contributed by atoms with Crippen molar-refractivity contribution in [3.8, 4) is 28.0 Å². The average Bonchev–Trinajstić information content (AvgIpc) is 3.03. The minimum absolute atomic E-state index is 0.664. The van der Waals surface area contributed by atoms with E-state index in [1.54, 1.807) is 6.20 Å². The molecule has 5 heteroatoms. The molecule has 0 atom stereocenters.